The van der Waals surface area contributed by atoms with Gasteiger partial charge in [0.2, 0.25) is 0 Å². The first-order valence-electron chi connectivity index (χ1n) is 9.95. The molecular formula is C22H23N5S. The van der Waals surface area contributed by atoms with E-state index in [0.29, 0.717) is 11.9 Å². The number of nitrogens with zero attached hydrogens (tertiary/aromatic N) is 4. The molecule has 0 amide bonds. The molecule has 1 fully saturated rings. The summed E-state index contributed by atoms with van der Waals surface area (Å²) < 4.78 is 2.12. The third-order valence-electron chi connectivity index (χ3n) is 5.61. The molecule has 4 aromatic rings. The Hall–Kier alpha value is -2.60. The quantitative estimate of drug-likeness (QED) is 0.461. The number of nitrogen functional groups attached to an aromatic ring is 1. The highest BCUT2D eigenvalue weighted by atomic mass is 32.2. The standard InChI is InChI=1S/C22H23N5S/c23-20-19-21(25-14-24-20)27(16-10-3-1-2-4-11-16)26-22(19)28-18-13-7-9-15-8-5-6-12-17(15)18/h5-9,12-14,16H,1-4,10-11H2,(H2,23,24,25). The molecule has 2 aromatic heterocycles. The van der Waals surface area contributed by atoms with Gasteiger partial charge < -0.3 is 5.73 Å². The van der Waals surface area contributed by atoms with Gasteiger partial charge in [0.05, 0.1) is 11.4 Å². The van der Waals surface area contributed by atoms with E-state index in [9.17, 15) is 0 Å². The average molecular weight is 390 g/mol. The highest BCUT2D eigenvalue weighted by Crippen LogP contribution is 2.39. The van der Waals surface area contributed by atoms with E-state index in [0.717, 1.165) is 28.9 Å². The van der Waals surface area contributed by atoms with Gasteiger partial charge in [0.1, 0.15) is 17.2 Å². The van der Waals surface area contributed by atoms with Gasteiger partial charge in [0, 0.05) is 4.90 Å². The minimum Gasteiger partial charge on any atom is -0.383 e. The Balaban J connectivity index is 1.63. The summed E-state index contributed by atoms with van der Waals surface area (Å²) in [5.41, 5.74) is 7.14. The molecule has 2 heterocycles. The van der Waals surface area contributed by atoms with Crippen LogP contribution in [0.3, 0.4) is 0 Å². The van der Waals surface area contributed by atoms with Crippen molar-refractivity contribution in [2.24, 2.45) is 0 Å². The molecule has 0 saturated heterocycles. The Morgan fingerprint density at radius 1 is 0.929 bits per heavy atom. The van der Waals surface area contributed by atoms with Crippen molar-refractivity contribution in [3.8, 4) is 0 Å². The van der Waals surface area contributed by atoms with Gasteiger partial charge >= 0.3 is 0 Å². The number of hydrogen-bond donors (Lipinski definition) is 1. The van der Waals surface area contributed by atoms with Crippen LogP contribution in [0.1, 0.15) is 44.6 Å². The first kappa shape index (κ1) is 17.5. The Labute approximate surface area is 168 Å². The predicted octanol–water partition coefficient (Wildman–Crippen LogP) is 5.61. The number of hydrogen-bond acceptors (Lipinski definition) is 5. The van der Waals surface area contributed by atoms with E-state index in [1.54, 1.807) is 18.1 Å². The summed E-state index contributed by atoms with van der Waals surface area (Å²) in [6.07, 6.45) is 8.97. The van der Waals surface area contributed by atoms with Crippen LogP contribution in [0.25, 0.3) is 21.8 Å². The minimum atomic E-state index is 0.390. The van der Waals surface area contributed by atoms with Gasteiger partial charge in [0.15, 0.2) is 5.65 Å². The van der Waals surface area contributed by atoms with Crippen LogP contribution in [0.4, 0.5) is 5.82 Å². The monoisotopic (exact) mass is 389 g/mol. The van der Waals surface area contributed by atoms with E-state index >= 15 is 0 Å². The molecule has 0 bridgehead atoms. The maximum atomic E-state index is 6.28. The number of nitrogens with two attached hydrogens (primary N) is 1. The molecule has 1 saturated carbocycles. The maximum Gasteiger partial charge on any atom is 0.164 e. The van der Waals surface area contributed by atoms with Gasteiger partial charge in [-0.15, -0.1) is 0 Å². The predicted molar refractivity (Wildman–Crippen MR) is 115 cm³/mol. The van der Waals surface area contributed by atoms with Crippen molar-refractivity contribution in [2.75, 3.05) is 5.73 Å². The Bertz CT molecular complexity index is 1120. The van der Waals surface area contributed by atoms with Crippen LogP contribution in [0, 0.1) is 0 Å². The van der Waals surface area contributed by atoms with E-state index in [2.05, 4.69) is 57.1 Å². The maximum absolute atomic E-state index is 6.28. The minimum absolute atomic E-state index is 0.390. The highest BCUT2D eigenvalue weighted by Gasteiger charge is 2.23. The Morgan fingerprint density at radius 2 is 1.71 bits per heavy atom. The average Bonchev–Trinajstić information content (AvgIpc) is 2.90. The number of anilines is 1. The lowest BCUT2D eigenvalue weighted by atomic mass is 10.1. The van der Waals surface area contributed by atoms with Gasteiger partial charge in [-0.05, 0) is 29.7 Å². The molecule has 2 N–H and O–H groups in total. The van der Waals surface area contributed by atoms with E-state index in [1.165, 1.54) is 41.4 Å². The fraction of sp³-hybridized carbons (Fsp3) is 0.318. The zero-order valence-electron chi connectivity index (χ0n) is 15.7. The van der Waals surface area contributed by atoms with Crippen molar-refractivity contribution in [3.05, 3.63) is 48.8 Å². The molecule has 2 aromatic carbocycles. The molecule has 6 heteroatoms. The van der Waals surface area contributed by atoms with Crippen LogP contribution in [-0.2, 0) is 0 Å². The summed E-state index contributed by atoms with van der Waals surface area (Å²) in [7, 11) is 0. The Morgan fingerprint density at radius 3 is 2.57 bits per heavy atom. The number of rotatable bonds is 3. The van der Waals surface area contributed by atoms with Crippen LogP contribution in [0.5, 0.6) is 0 Å². The van der Waals surface area contributed by atoms with Crippen LogP contribution < -0.4 is 5.73 Å². The second kappa shape index (κ2) is 7.43. The second-order valence-electron chi connectivity index (χ2n) is 7.43. The number of fused-ring (bicyclic) bond motifs is 2. The topological polar surface area (TPSA) is 69.6 Å². The normalized spacial score (nSPS) is 15.9. The van der Waals surface area contributed by atoms with Crippen molar-refractivity contribution >= 4 is 39.4 Å². The third kappa shape index (κ3) is 3.11. The molecule has 0 spiro atoms. The molecule has 142 valence electrons. The van der Waals surface area contributed by atoms with Gasteiger partial charge in [-0.25, -0.2) is 14.6 Å². The van der Waals surface area contributed by atoms with Gasteiger partial charge in [0.25, 0.3) is 0 Å². The van der Waals surface area contributed by atoms with Crippen molar-refractivity contribution in [2.45, 2.75) is 54.5 Å². The van der Waals surface area contributed by atoms with E-state index in [4.69, 9.17) is 10.8 Å². The number of benzene rings is 2. The SMILES string of the molecule is Nc1ncnc2c1c(Sc1cccc3ccccc13)nn2C1CCCCCC1. The lowest BCUT2D eigenvalue weighted by Crippen LogP contribution is -2.10. The molecule has 0 aliphatic heterocycles. The zero-order valence-corrected chi connectivity index (χ0v) is 16.5. The molecular weight excluding hydrogens is 366 g/mol. The fourth-order valence-electron chi connectivity index (χ4n) is 4.18. The molecule has 28 heavy (non-hydrogen) atoms. The summed E-state index contributed by atoms with van der Waals surface area (Å²) in [6, 6.07) is 15.2. The van der Waals surface area contributed by atoms with Gasteiger partial charge in [-0.3, -0.25) is 0 Å². The van der Waals surface area contributed by atoms with E-state index in [-0.39, 0.29) is 0 Å². The fourth-order valence-corrected chi connectivity index (χ4v) is 5.26. The Kier molecular flexibility index (Phi) is 4.64. The van der Waals surface area contributed by atoms with E-state index < -0.39 is 0 Å². The molecule has 0 radical (unpaired) electrons. The molecule has 0 atom stereocenters. The van der Waals surface area contributed by atoms with Crippen LogP contribution in [0.15, 0.2) is 58.7 Å². The van der Waals surface area contributed by atoms with Crippen LogP contribution >= 0.6 is 11.8 Å². The summed E-state index contributed by atoms with van der Waals surface area (Å²) in [5, 5.41) is 9.24. The van der Waals surface area contributed by atoms with Gasteiger partial charge in [-0.1, -0.05) is 73.8 Å². The van der Waals surface area contributed by atoms with Crippen molar-refractivity contribution in [3.63, 3.8) is 0 Å². The summed E-state index contributed by atoms with van der Waals surface area (Å²) in [5.74, 6) is 0.507. The molecule has 5 nitrogen and oxygen atoms in total. The smallest absolute Gasteiger partial charge is 0.164 e. The van der Waals surface area contributed by atoms with E-state index in [1.807, 2.05) is 0 Å². The molecule has 5 rings (SSSR count). The molecule has 0 unspecified atom stereocenters. The summed E-state index contributed by atoms with van der Waals surface area (Å²) >= 11 is 1.66. The zero-order chi connectivity index (χ0) is 18.9. The third-order valence-corrected chi connectivity index (χ3v) is 6.67. The van der Waals surface area contributed by atoms with Crippen LogP contribution in [0.2, 0.25) is 0 Å². The summed E-state index contributed by atoms with van der Waals surface area (Å²) in [6.45, 7) is 0. The van der Waals surface area contributed by atoms with Gasteiger partial charge in [-0.2, -0.15) is 5.10 Å². The first-order chi connectivity index (χ1) is 13.8. The largest absolute Gasteiger partial charge is 0.383 e. The first-order valence-corrected chi connectivity index (χ1v) is 10.8. The van der Waals surface area contributed by atoms with Crippen LogP contribution in [-0.4, -0.2) is 19.7 Å². The number of aromatic nitrogens is 4. The summed E-state index contributed by atoms with van der Waals surface area (Å²) in [4.78, 5) is 9.99. The highest BCUT2D eigenvalue weighted by molar-refractivity contribution is 7.99. The molecule has 1 aliphatic carbocycles. The lowest BCUT2D eigenvalue weighted by molar-refractivity contribution is 0.409. The van der Waals surface area contributed by atoms with Crippen molar-refractivity contribution in [1.82, 2.24) is 19.7 Å². The lowest BCUT2D eigenvalue weighted by Gasteiger charge is -2.15. The molecule has 1 aliphatic rings. The van der Waals surface area contributed by atoms with Crippen molar-refractivity contribution < 1.29 is 0 Å². The second-order valence-corrected chi connectivity index (χ2v) is 8.46. The van der Waals surface area contributed by atoms with Crippen molar-refractivity contribution in [1.29, 1.82) is 0 Å².